The van der Waals surface area contributed by atoms with E-state index in [1.807, 2.05) is 0 Å². The average molecular weight is 378 g/mol. The molecule has 5 heteroatoms. The summed E-state index contributed by atoms with van der Waals surface area (Å²) in [5.74, 6) is -0.569. The van der Waals surface area contributed by atoms with Gasteiger partial charge >= 0.3 is 0 Å². The summed E-state index contributed by atoms with van der Waals surface area (Å²) in [5, 5.41) is 0. The standard InChI is InChI=1S/C12H7Br2FOS/c1-6-2-3-7(15)4-8(6)11(16)9-5-10(13)17-12(9)14/h2-5H,1H3. The van der Waals surface area contributed by atoms with Crippen LogP contribution >= 0.6 is 43.2 Å². The highest BCUT2D eigenvalue weighted by atomic mass is 79.9. The molecule has 0 aliphatic rings. The largest absolute Gasteiger partial charge is 0.289 e. The number of hydrogen-bond acceptors (Lipinski definition) is 2. The molecule has 0 spiro atoms. The van der Waals surface area contributed by atoms with Crippen LogP contribution in [-0.2, 0) is 0 Å². The fraction of sp³-hybridized carbons (Fsp3) is 0.0833. The van der Waals surface area contributed by atoms with E-state index in [9.17, 15) is 9.18 Å². The fourth-order valence-electron chi connectivity index (χ4n) is 1.48. The second-order valence-corrected chi connectivity index (χ2v) is 7.28. The Hall–Kier alpha value is -0.520. The van der Waals surface area contributed by atoms with Gasteiger partial charge in [-0.15, -0.1) is 11.3 Å². The molecular formula is C12H7Br2FOS. The molecule has 0 saturated heterocycles. The molecule has 0 bridgehead atoms. The van der Waals surface area contributed by atoms with Crippen molar-refractivity contribution in [2.75, 3.05) is 0 Å². The van der Waals surface area contributed by atoms with Gasteiger partial charge in [-0.1, -0.05) is 6.07 Å². The Morgan fingerprint density at radius 3 is 2.53 bits per heavy atom. The zero-order chi connectivity index (χ0) is 12.6. The highest BCUT2D eigenvalue weighted by Crippen LogP contribution is 2.33. The van der Waals surface area contributed by atoms with Gasteiger partial charge in [-0.3, -0.25) is 4.79 Å². The van der Waals surface area contributed by atoms with Gasteiger partial charge in [0, 0.05) is 11.1 Å². The summed E-state index contributed by atoms with van der Waals surface area (Å²) in [6.07, 6.45) is 0. The number of carbonyl (C=O) groups is 1. The molecule has 0 aliphatic heterocycles. The number of rotatable bonds is 2. The van der Waals surface area contributed by atoms with Crippen molar-refractivity contribution in [2.24, 2.45) is 0 Å². The van der Waals surface area contributed by atoms with Crippen molar-refractivity contribution in [3.63, 3.8) is 0 Å². The minimum atomic E-state index is -0.399. The van der Waals surface area contributed by atoms with E-state index in [0.717, 1.165) is 13.1 Å². The van der Waals surface area contributed by atoms with Gasteiger partial charge in [-0.05, 0) is 62.5 Å². The van der Waals surface area contributed by atoms with Crippen LogP contribution < -0.4 is 0 Å². The van der Waals surface area contributed by atoms with Gasteiger partial charge in [-0.25, -0.2) is 4.39 Å². The van der Waals surface area contributed by atoms with Crippen LogP contribution in [0.2, 0.25) is 0 Å². The van der Waals surface area contributed by atoms with Gasteiger partial charge in [0.2, 0.25) is 0 Å². The topological polar surface area (TPSA) is 17.1 Å². The van der Waals surface area contributed by atoms with E-state index in [0.29, 0.717) is 11.1 Å². The van der Waals surface area contributed by atoms with Crippen LogP contribution in [0.1, 0.15) is 21.5 Å². The first kappa shape index (κ1) is 12.9. The summed E-state index contributed by atoms with van der Waals surface area (Å²) in [7, 11) is 0. The molecule has 0 atom stereocenters. The first-order chi connectivity index (χ1) is 7.99. The Balaban J connectivity index is 2.50. The smallest absolute Gasteiger partial charge is 0.195 e. The van der Waals surface area contributed by atoms with Gasteiger partial charge in [0.05, 0.1) is 7.57 Å². The second-order valence-electron chi connectivity index (χ2n) is 3.53. The van der Waals surface area contributed by atoms with Crippen molar-refractivity contribution < 1.29 is 9.18 Å². The second kappa shape index (κ2) is 5.00. The SMILES string of the molecule is Cc1ccc(F)cc1C(=O)c1cc(Br)sc1Br. The van der Waals surface area contributed by atoms with E-state index >= 15 is 0 Å². The zero-order valence-electron chi connectivity index (χ0n) is 8.76. The van der Waals surface area contributed by atoms with Crippen LogP contribution in [0.25, 0.3) is 0 Å². The van der Waals surface area contributed by atoms with Crippen LogP contribution in [0.3, 0.4) is 0 Å². The Bertz CT molecular complexity index is 592. The summed E-state index contributed by atoms with van der Waals surface area (Å²) >= 11 is 8.07. The maximum atomic E-state index is 13.2. The molecule has 0 amide bonds. The van der Waals surface area contributed by atoms with Crippen LogP contribution in [-0.4, -0.2) is 5.78 Å². The number of ketones is 1. The average Bonchev–Trinajstić information content (AvgIpc) is 2.60. The lowest BCUT2D eigenvalue weighted by Crippen LogP contribution is -2.03. The van der Waals surface area contributed by atoms with Crippen LogP contribution in [0.15, 0.2) is 31.8 Å². The molecule has 17 heavy (non-hydrogen) atoms. The fourth-order valence-corrected chi connectivity index (χ4v) is 4.27. The Morgan fingerprint density at radius 2 is 1.94 bits per heavy atom. The van der Waals surface area contributed by atoms with Crippen LogP contribution in [0.4, 0.5) is 4.39 Å². The molecule has 1 aromatic heterocycles. The third-order valence-corrected chi connectivity index (χ3v) is 4.68. The van der Waals surface area contributed by atoms with Crippen molar-refractivity contribution >= 4 is 49.0 Å². The molecule has 88 valence electrons. The Morgan fingerprint density at radius 1 is 1.24 bits per heavy atom. The summed E-state index contributed by atoms with van der Waals surface area (Å²) in [4.78, 5) is 12.2. The number of aryl methyl sites for hydroxylation is 1. The lowest BCUT2D eigenvalue weighted by atomic mass is 10.0. The van der Waals surface area contributed by atoms with Gasteiger partial charge < -0.3 is 0 Å². The molecular weight excluding hydrogens is 371 g/mol. The number of benzene rings is 1. The maximum Gasteiger partial charge on any atom is 0.195 e. The molecule has 0 N–H and O–H groups in total. The molecule has 0 unspecified atom stereocenters. The zero-order valence-corrected chi connectivity index (χ0v) is 12.7. The summed E-state index contributed by atoms with van der Waals surface area (Å²) < 4.78 is 14.8. The van der Waals surface area contributed by atoms with Gasteiger partial charge in [0.1, 0.15) is 5.82 Å². The monoisotopic (exact) mass is 376 g/mol. The molecule has 2 aromatic rings. The maximum absolute atomic E-state index is 13.2. The molecule has 1 heterocycles. The van der Waals surface area contributed by atoms with Crippen molar-refractivity contribution in [1.29, 1.82) is 0 Å². The summed E-state index contributed by atoms with van der Waals surface area (Å²) in [6.45, 7) is 1.79. The molecule has 0 fully saturated rings. The van der Waals surface area contributed by atoms with Gasteiger partial charge in [0.25, 0.3) is 0 Å². The number of halogens is 3. The highest BCUT2D eigenvalue weighted by molar-refractivity contribution is 9.12. The minimum Gasteiger partial charge on any atom is -0.289 e. The Kier molecular flexibility index (Phi) is 3.80. The van der Waals surface area contributed by atoms with Gasteiger partial charge in [-0.2, -0.15) is 0 Å². The highest BCUT2D eigenvalue weighted by Gasteiger charge is 2.17. The quantitative estimate of drug-likeness (QED) is 0.676. The predicted molar refractivity (Wildman–Crippen MR) is 74.3 cm³/mol. The number of thiophene rings is 1. The van der Waals surface area contributed by atoms with Crippen molar-refractivity contribution in [3.8, 4) is 0 Å². The lowest BCUT2D eigenvalue weighted by Gasteiger charge is -2.04. The van der Waals surface area contributed by atoms with E-state index in [1.54, 1.807) is 19.1 Å². The lowest BCUT2D eigenvalue weighted by molar-refractivity contribution is 0.103. The number of hydrogen-bond donors (Lipinski definition) is 0. The van der Waals surface area contributed by atoms with E-state index in [-0.39, 0.29) is 5.78 Å². The molecule has 0 saturated carbocycles. The third kappa shape index (κ3) is 2.67. The number of carbonyl (C=O) groups excluding carboxylic acids is 1. The third-order valence-electron chi connectivity index (χ3n) is 2.35. The summed E-state index contributed by atoms with van der Waals surface area (Å²) in [6, 6.07) is 5.97. The molecule has 2 rings (SSSR count). The molecule has 1 nitrogen and oxygen atoms in total. The van der Waals surface area contributed by atoms with Crippen LogP contribution in [0, 0.1) is 12.7 Å². The normalized spacial score (nSPS) is 10.6. The van der Waals surface area contributed by atoms with Gasteiger partial charge in [0.15, 0.2) is 5.78 Å². The van der Waals surface area contributed by atoms with Crippen molar-refractivity contribution in [2.45, 2.75) is 6.92 Å². The Labute approximate surface area is 119 Å². The van der Waals surface area contributed by atoms with E-state index < -0.39 is 5.82 Å². The summed E-state index contributed by atoms with van der Waals surface area (Å²) in [5.41, 5.74) is 1.72. The first-order valence-electron chi connectivity index (χ1n) is 4.74. The van der Waals surface area contributed by atoms with E-state index in [4.69, 9.17) is 0 Å². The molecule has 1 aromatic carbocycles. The van der Waals surface area contributed by atoms with E-state index in [2.05, 4.69) is 31.9 Å². The van der Waals surface area contributed by atoms with Crippen LogP contribution in [0.5, 0.6) is 0 Å². The first-order valence-corrected chi connectivity index (χ1v) is 7.15. The molecule has 0 aliphatic carbocycles. The minimum absolute atomic E-state index is 0.171. The van der Waals surface area contributed by atoms with Crippen molar-refractivity contribution in [1.82, 2.24) is 0 Å². The van der Waals surface area contributed by atoms with E-state index in [1.165, 1.54) is 23.5 Å². The molecule has 0 radical (unpaired) electrons. The van der Waals surface area contributed by atoms with Crippen molar-refractivity contribution in [3.05, 3.63) is 54.3 Å². The predicted octanol–water partition coefficient (Wildman–Crippen LogP) is 4.95.